The third-order valence-corrected chi connectivity index (χ3v) is 5.30. The fraction of sp³-hybridized carbons (Fsp3) is 0.273. The van der Waals surface area contributed by atoms with Crippen LogP contribution in [0.5, 0.6) is 11.5 Å². The van der Waals surface area contributed by atoms with Crippen LogP contribution in [-0.2, 0) is 0 Å². The number of nitrogens with zero attached hydrogens (tertiary/aromatic N) is 2. The zero-order valence-corrected chi connectivity index (χ0v) is 15.4. The number of benzene rings is 2. The van der Waals surface area contributed by atoms with E-state index in [1.807, 2.05) is 53.4 Å². The first-order valence-electron chi connectivity index (χ1n) is 9.54. The zero-order valence-electron chi connectivity index (χ0n) is 15.4. The Morgan fingerprint density at radius 2 is 1.89 bits per heavy atom. The maximum atomic E-state index is 13.2. The molecule has 5 rings (SSSR count). The van der Waals surface area contributed by atoms with Gasteiger partial charge in [-0.05, 0) is 36.8 Å². The molecule has 3 heterocycles. The van der Waals surface area contributed by atoms with Gasteiger partial charge in [-0.15, -0.1) is 0 Å². The first kappa shape index (κ1) is 17.0. The maximum Gasteiger partial charge on any atom is 0.254 e. The van der Waals surface area contributed by atoms with Crippen LogP contribution in [0.4, 0.5) is 0 Å². The minimum atomic E-state index is 0.00495. The number of amides is 1. The summed E-state index contributed by atoms with van der Waals surface area (Å²) in [5.74, 6) is 1.44. The smallest absolute Gasteiger partial charge is 0.254 e. The van der Waals surface area contributed by atoms with Crippen molar-refractivity contribution in [2.24, 2.45) is 5.73 Å². The third kappa shape index (κ3) is 2.96. The van der Waals surface area contributed by atoms with E-state index in [0.717, 1.165) is 34.3 Å². The highest BCUT2D eigenvalue weighted by Gasteiger charge is 2.26. The predicted octanol–water partition coefficient (Wildman–Crippen LogP) is 2.85. The van der Waals surface area contributed by atoms with E-state index in [2.05, 4.69) is 0 Å². The van der Waals surface area contributed by atoms with Crippen molar-refractivity contribution in [2.45, 2.75) is 12.5 Å². The molecule has 1 amide bonds. The normalized spacial score (nSPS) is 18.5. The summed E-state index contributed by atoms with van der Waals surface area (Å²) in [5.41, 5.74) is 9.09. The summed E-state index contributed by atoms with van der Waals surface area (Å²) >= 11 is 0. The molecule has 1 atom stereocenters. The Kier molecular flexibility index (Phi) is 4.13. The molecule has 6 heteroatoms. The number of nitrogens with two attached hydrogens (primary N) is 1. The van der Waals surface area contributed by atoms with Gasteiger partial charge in [0.1, 0.15) is 13.2 Å². The second kappa shape index (κ2) is 6.80. The van der Waals surface area contributed by atoms with Gasteiger partial charge in [-0.25, -0.2) is 4.98 Å². The molecule has 0 saturated carbocycles. The van der Waals surface area contributed by atoms with Crippen LogP contribution in [0.25, 0.3) is 22.2 Å². The minimum Gasteiger partial charge on any atom is -0.486 e. The van der Waals surface area contributed by atoms with Crippen LogP contribution >= 0.6 is 0 Å². The van der Waals surface area contributed by atoms with Crippen LogP contribution in [0.2, 0.25) is 0 Å². The summed E-state index contributed by atoms with van der Waals surface area (Å²) < 4.78 is 11.3. The van der Waals surface area contributed by atoms with Gasteiger partial charge in [0.05, 0.1) is 16.8 Å². The van der Waals surface area contributed by atoms with Crippen LogP contribution in [0.1, 0.15) is 16.8 Å². The first-order chi connectivity index (χ1) is 13.7. The summed E-state index contributed by atoms with van der Waals surface area (Å²) in [7, 11) is 0. The van der Waals surface area contributed by atoms with E-state index in [1.165, 1.54) is 0 Å². The number of hydrogen-bond donors (Lipinski definition) is 1. The molecule has 6 nitrogen and oxygen atoms in total. The van der Waals surface area contributed by atoms with Gasteiger partial charge in [0.2, 0.25) is 0 Å². The van der Waals surface area contributed by atoms with Crippen molar-refractivity contribution in [3.8, 4) is 22.8 Å². The summed E-state index contributed by atoms with van der Waals surface area (Å²) in [6.45, 7) is 2.36. The summed E-state index contributed by atoms with van der Waals surface area (Å²) in [5, 5.41) is 0.856. The number of ether oxygens (including phenoxy) is 2. The van der Waals surface area contributed by atoms with Gasteiger partial charge in [-0.2, -0.15) is 0 Å². The van der Waals surface area contributed by atoms with Crippen molar-refractivity contribution in [2.75, 3.05) is 26.3 Å². The molecular weight excluding hydrogens is 354 g/mol. The Morgan fingerprint density at radius 3 is 2.71 bits per heavy atom. The molecule has 0 radical (unpaired) electrons. The summed E-state index contributed by atoms with van der Waals surface area (Å²) in [6.07, 6.45) is 0.837. The number of carbonyl (C=O) groups excluding carboxylic acids is 1. The Balaban J connectivity index is 1.61. The van der Waals surface area contributed by atoms with Crippen molar-refractivity contribution >= 4 is 16.8 Å². The molecule has 0 unspecified atom stereocenters. The monoisotopic (exact) mass is 375 g/mol. The molecule has 0 spiro atoms. The average molecular weight is 375 g/mol. The molecule has 2 aliphatic heterocycles. The third-order valence-electron chi connectivity index (χ3n) is 5.30. The molecule has 3 aromatic rings. The van der Waals surface area contributed by atoms with Crippen LogP contribution in [0, 0.1) is 0 Å². The fourth-order valence-electron chi connectivity index (χ4n) is 3.85. The van der Waals surface area contributed by atoms with Gasteiger partial charge in [0.15, 0.2) is 11.5 Å². The fourth-order valence-corrected chi connectivity index (χ4v) is 3.85. The van der Waals surface area contributed by atoms with Gasteiger partial charge in [0, 0.05) is 30.1 Å². The second-order valence-electron chi connectivity index (χ2n) is 7.23. The number of aromatic nitrogens is 1. The van der Waals surface area contributed by atoms with Crippen LogP contribution in [-0.4, -0.2) is 48.1 Å². The lowest BCUT2D eigenvalue weighted by atomic mass is 10.0. The van der Waals surface area contributed by atoms with Gasteiger partial charge in [-0.1, -0.05) is 18.2 Å². The lowest BCUT2D eigenvalue weighted by Crippen LogP contribution is -2.32. The largest absolute Gasteiger partial charge is 0.486 e. The summed E-state index contributed by atoms with van der Waals surface area (Å²) in [6, 6.07) is 15.4. The molecular formula is C22H21N3O3. The molecule has 0 bridgehead atoms. The summed E-state index contributed by atoms with van der Waals surface area (Å²) in [4.78, 5) is 19.8. The quantitative estimate of drug-likeness (QED) is 0.745. The van der Waals surface area contributed by atoms with Crippen molar-refractivity contribution in [3.63, 3.8) is 0 Å². The second-order valence-corrected chi connectivity index (χ2v) is 7.23. The van der Waals surface area contributed by atoms with Crippen molar-refractivity contribution in [1.82, 2.24) is 9.88 Å². The Labute approximate surface area is 162 Å². The highest BCUT2D eigenvalue weighted by molar-refractivity contribution is 6.07. The topological polar surface area (TPSA) is 77.7 Å². The van der Waals surface area contributed by atoms with Gasteiger partial charge >= 0.3 is 0 Å². The molecule has 1 fully saturated rings. The molecule has 2 aliphatic rings. The van der Waals surface area contributed by atoms with E-state index >= 15 is 0 Å². The van der Waals surface area contributed by atoms with Crippen LogP contribution < -0.4 is 15.2 Å². The van der Waals surface area contributed by atoms with Crippen molar-refractivity contribution in [1.29, 1.82) is 0 Å². The molecule has 2 aromatic carbocycles. The van der Waals surface area contributed by atoms with E-state index in [1.54, 1.807) is 0 Å². The van der Waals surface area contributed by atoms with Gasteiger partial charge in [0.25, 0.3) is 5.91 Å². The number of hydrogen-bond acceptors (Lipinski definition) is 5. The molecule has 28 heavy (non-hydrogen) atoms. The highest BCUT2D eigenvalue weighted by atomic mass is 16.6. The minimum absolute atomic E-state index is 0.00495. The van der Waals surface area contributed by atoms with E-state index in [4.69, 9.17) is 20.2 Å². The van der Waals surface area contributed by atoms with Gasteiger partial charge in [-0.3, -0.25) is 4.79 Å². The number of rotatable bonds is 2. The van der Waals surface area contributed by atoms with E-state index < -0.39 is 0 Å². The first-order valence-corrected chi connectivity index (χ1v) is 9.54. The Bertz CT molecular complexity index is 1070. The number of para-hydroxylation sites is 1. The van der Waals surface area contributed by atoms with Crippen molar-refractivity contribution < 1.29 is 14.3 Å². The van der Waals surface area contributed by atoms with Crippen LogP contribution in [0.15, 0.2) is 48.5 Å². The standard InChI is InChI=1S/C22H21N3O3/c23-15-7-8-25(13-15)22(26)17-12-19(24-18-4-2-1-3-16(17)18)14-5-6-20-21(11-14)28-10-9-27-20/h1-6,11-12,15H,7-10,13,23H2/t15-/m1/s1. The average Bonchev–Trinajstić information content (AvgIpc) is 3.18. The SMILES string of the molecule is N[C@@H]1CCN(C(=O)c2cc(-c3ccc4c(c3)OCCO4)nc3ccccc23)C1. The van der Waals surface area contributed by atoms with Crippen LogP contribution in [0.3, 0.4) is 0 Å². The van der Waals surface area contributed by atoms with Gasteiger partial charge < -0.3 is 20.1 Å². The number of carbonyl (C=O) groups is 1. The molecule has 0 aliphatic carbocycles. The highest BCUT2D eigenvalue weighted by Crippen LogP contribution is 2.35. The van der Waals surface area contributed by atoms with E-state index in [-0.39, 0.29) is 11.9 Å². The molecule has 1 saturated heterocycles. The Morgan fingerprint density at radius 1 is 1.07 bits per heavy atom. The molecule has 2 N–H and O–H groups in total. The molecule has 1 aromatic heterocycles. The van der Waals surface area contributed by atoms with Crippen molar-refractivity contribution in [3.05, 3.63) is 54.1 Å². The molecule has 142 valence electrons. The predicted molar refractivity (Wildman–Crippen MR) is 107 cm³/mol. The maximum absolute atomic E-state index is 13.2. The Hall–Kier alpha value is -3.12. The number of fused-ring (bicyclic) bond motifs is 2. The zero-order chi connectivity index (χ0) is 19.1. The number of pyridine rings is 1. The van der Waals surface area contributed by atoms with E-state index in [0.29, 0.717) is 37.6 Å². The van der Waals surface area contributed by atoms with E-state index in [9.17, 15) is 4.79 Å². The lowest BCUT2D eigenvalue weighted by Gasteiger charge is -2.20. The number of likely N-dealkylation sites (tertiary alicyclic amines) is 1. The lowest BCUT2D eigenvalue weighted by molar-refractivity contribution is 0.0793.